The summed E-state index contributed by atoms with van der Waals surface area (Å²) in [4.78, 5) is 2.73. The van der Waals surface area contributed by atoms with Crippen LogP contribution in [0.15, 0.2) is 24.3 Å². The predicted octanol–water partition coefficient (Wildman–Crippen LogP) is 4.22. The molecule has 2 nitrogen and oxygen atoms in total. The molecule has 0 bridgehead atoms. The lowest BCUT2D eigenvalue weighted by Crippen LogP contribution is -2.41. The van der Waals surface area contributed by atoms with Crippen molar-refractivity contribution in [2.24, 2.45) is 5.73 Å². The normalized spacial score (nSPS) is 25.5. The first-order valence-electron chi connectivity index (χ1n) is 8.89. The molecule has 2 unspecified atom stereocenters. The lowest BCUT2D eigenvalue weighted by atomic mass is 9.94. The monoisotopic (exact) mass is 286 g/mol. The minimum Gasteiger partial charge on any atom is -0.329 e. The maximum atomic E-state index is 6.25. The molecule has 21 heavy (non-hydrogen) atoms. The molecule has 1 aliphatic heterocycles. The fourth-order valence-electron chi connectivity index (χ4n) is 4.07. The highest BCUT2D eigenvalue weighted by Crippen LogP contribution is 2.44. The van der Waals surface area contributed by atoms with E-state index in [1.807, 2.05) is 0 Å². The number of nitrogens with two attached hydrogens (primary N) is 1. The molecular formula is C19H30N2. The Hall–Kier alpha value is -0.860. The van der Waals surface area contributed by atoms with E-state index < -0.39 is 0 Å². The van der Waals surface area contributed by atoms with Crippen molar-refractivity contribution in [1.82, 2.24) is 4.90 Å². The smallest absolute Gasteiger partial charge is 0.0476 e. The molecule has 1 saturated carbocycles. The zero-order valence-corrected chi connectivity index (χ0v) is 13.4. The molecule has 2 atom stereocenters. The third-order valence-corrected chi connectivity index (χ3v) is 5.39. The van der Waals surface area contributed by atoms with Crippen LogP contribution in [0.1, 0.15) is 75.0 Å². The minimum atomic E-state index is 0.421. The van der Waals surface area contributed by atoms with Crippen molar-refractivity contribution in [3.05, 3.63) is 35.4 Å². The van der Waals surface area contributed by atoms with Gasteiger partial charge in [-0.1, -0.05) is 44.0 Å². The first-order valence-corrected chi connectivity index (χ1v) is 8.89. The number of hydrogen-bond donors (Lipinski definition) is 1. The lowest BCUT2D eigenvalue weighted by molar-refractivity contribution is 0.135. The SMILES string of the molecule is CCC1CCCCCN1C(CN)c1ccccc1C1CC1. The maximum absolute atomic E-state index is 6.25. The predicted molar refractivity (Wildman–Crippen MR) is 89.5 cm³/mol. The zero-order valence-electron chi connectivity index (χ0n) is 13.4. The second kappa shape index (κ2) is 6.93. The Morgan fingerprint density at radius 1 is 1.14 bits per heavy atom. The van der Waals surface area contributed by atoms with Gasteiger partial charge in [0, 0.05) is 18.6 Å². The highest BCUT2D eigenvalue weighted by molar-refractivity contribution is 5.36. The van der Waals surface area contributed by atoms with Gasteiger partial charge in [-0.3, -0.25) is 4.90 Å². The summed E-state index contributed by atoms with van der Waals surface area (Å²) in [5, 5.41) is 0. The van der Waals surface area contributed by atoms with Crippen LogP contribution in [0.2, 0.25) is 0 Å². The molecule has 1 aromatic rings. The van der Waals surface area contributed by atoms with Crippen LogP contribution in [-0.4, -0.2) is 24.0 Å². The van der Waals surface area contributed by atoms with Crippen molar-refractivity contribution in [2.75, 3.05) is 13.1 Å². The molecule has 1 aromatic carbocycles. The molecule has 0 spiro atoms. The molecule has 0 amide bonds. The van der Waals surface area contributed by atoms with E-state index in [4.69, 9.17) is 5.73 Å². The molecule has 1 saturated heterocycles. The van der Waals surface area contributed by atoms with E-state index in [0.717, 1.165) is 12.5 Å². The van der Waals surface area contributed by atoms with Crippen LogP contribution in [-0.2, 0) is 0 Å². The molecule has 1 heterocycles. The van der Waals surface area contributed by atoms with Gasteiger partial charge in [0.2, 0.25) is 0 Å². The van der Waals surface area contributed by atoms with E-state index >= 15 is 0 Å². The van der Waals surface area contributed by atoms with Crippen molar-refractivity contribution in [3.8, 4) is 0 Å². The van der Waals surface area contributed by atoms with Gasteiger partial charge in [0.1, 0.15) is 0 Å². The molecule has 2 aliphatic rings. The van der Waals surface area contributed by atoms with Gasteiger partial charge in [-0.2, -0.15) is 0 Å². The van der Waals surface area contributed by atoms with Crippen molar-refractivity contribution < 1.29 is 0 Å². The van der Waals surface area contributed by atoms with Crippen LogP contribution in [0.5, 0.6) is 0 Å². The molecule has 1 aliphatic carbocycles. The number of likely N-dealkylation sites (tertiary alicyclic amines) is 1. The largest absolute Gasteiger partial charge is 0.329 e. The first-order chi connectivity index (χ1) is 10.3. The number of rotatable bonds is 5. The van der Waals surface area contributed by atoms with Crippen molar-refractivity contribution in [2.45, 2.75) is 69.9 Å². The Morgan fingerprint density at radius 2 is 1.95 bits per heavy atom. The van der Waals surface area contributed by atoms with E-state index in [9.17, 15) is 0 Å². The third kappa shape index (κ3) is 3.32. The Balaban J connectivity index is 1.89. The molecule has 2 N–H and O–H groups in total. The van der Waals surface area contributed by atoms with Gasteiger partial charge in [0.15, 0.2) is 0 Å². The summed E-state index contributed by atoms with van der Waals surface area (Å²) in [5.74, 6) is 0.808. The quantitative estimate of drug-likeness (QED) is 0.878. The van der Waals surface area contributed by atoms with Gasteiger partial charge in [0.25, 0.3) is 0 Å². The summed E-state index contributed by atoms with van der Waals surface area (Å²) in [6, 6.07) is 10.2. The van der Waals surface area contributed by atoms with Crippen LogP contribution in [0.25, 0.3) is 0 Å². The average Bonchev–Trinajstić information content (AvgIpc) is 3.36. The minimum absolute atomic E-state index is 0.421. The van der Waals surface area contributed by atoms with Crippen LogP contribution < -0.4 is 5.73 Å². The van der Waals surface area contributed by atoms with Gasteiger partial charge >= 0.3 is 0 Å². The van der Waals surface area contributed by atoms with Crippen LogP contribution >= 0.6 is 0 Å². The Bertz CT molecular complexity index is 453. The summed E-state index contributed by atoms with van der Waals surface area (Å²) in [6.07, 6.45) is 9.43. The summed E-state index contributed by atoms with van der Waals surface area (Å²) in [7, 11) is 0. The summed E-state index contributed by atoms with van der Waals surface area (Å²) >= 11 is 0. The summed E-state index contributed by atoms with van der Waals surface area (Å²) in [5.41, 5.74) is 9.34. The van der Waals surface area contributed by atoms with Gasteiger partial charge in [-0.15, -0.1) is 0 Å². The molecule has 2 heteroatoms. The highest BCUT2D eigenvalue weighted by atomic mass is 15.2. The fraction of sp³-hybridized carbons (Fsp3) is 0.684. The maximum Gasteiger partial charge on any atom is 0.0476 e. The lowest BCUT2D eigenvalue weighted by Gasteiger charge is -2.37. The van der Waals surface area contributed by atoms with E-state index in [-0.39, 0.29) is 0 Å². The Morgan fingerprint density at radius 3 is 2.67 bits per heavy atom. The van der Waals surface area contributed by atoms with E-state index in [1.165, 1.54) is 57.1 Å². The van der Waals surface area contributed by atoms with Gasteiger partial charge in [-0.25, -0.2) is 0 Å². The second-order valence-electron chi connectivity index (χ2n) is 6.80. The van der Waals surface area contributed by atoms with Crippen LogP contribution in [0, 0.1) is 0 Å². The van der Waals surface area contributed by atoms with Crippen LogP contribution in [0.3, 0.4) is 0 Å². The third-order valence-electron chi connectivity index (χ3n) is 5.39. The van der Waals surface area contributed by atoms with E-state index in [1.54, 1.807) is 5.56 Å². The van der Waals surface area contributed by atoms with Crippen molar-refractivity contribution >= 4 is 0 Å². The standard InChI is InChI=1S/C19H30N2/c1-2-16-8-4-3-7-13-21(16)19(14-20)18-10-6-5-9-17(18)15-11-12-15/h5-6,9-10,15-16,19H,2-4,7-8,11-14,20H2,1H3. The molecule has 0 radical (unpaired) electrons. The highest BCUT2D eigenvalue weighted by Gasteiger charge is 2.32. The first kappa shape index (κ1) is 15.1. The molecule has 3 rings (SSSR count). The summed E-state index contributed by atoms with van der Waals surface area (Å²) in [6.45, 7) is 4.31. The van der Waals surface area contributed by atoms with Crippen molar-refractivity contribution in [1.29, 1.82) is 0 Å². The van der Waals surface area contributed by atoms with Gasteiger partial charge < -0.3 is 5.73 Å². The molecule has 2 fully saturated rings. The second-order valence-corrected chi connectivity index (χ2v) is 6.80. The number of benzene rings is 1. The van der Waals surface area contributed by atoms with Gasteiger partial charge in [-0.05, 0) is 55.7 Å². The fourth-order valence-corrected chi connectivity index (χ4v) is 4.07. The average molecular weight is 286 g/mol. The van der Waals surface area contributed by atoms with Crippen molar-refractivity contribution in [3.63, 3.8) is 0 Å². The Labute approximate surface area is 129 Å². The van der Waals surface area contributed by atoms with Crippen LogP contribution in [0.4, 0.5) is 0 Å². The topological polar surface area (TPSA) is 29.3 Å². The number of nitrogens with zero attached hydrogens (tertiary/aromatic N) is 1. The van der Waals surface area contributed by atoms with E-state index in [0.29, 0.717) is 12.1 Å². The van der Waals surface area contributed by atoms with E-state index in [2.05, 4.69) is 36.1 Å². The molecule has 116 valence electrons. The zero-order chi connectivity index (χ0) is 14.7. The molecule has 0 aromatic heterocycles. The molecular weight excluding hydrogens is 256 g/mol. The van der Waals surface area contributed by atoms with Gasteiger partial charge in [0.05, 0.1) is 0 Å². The summed E-state index contributed by atoms with van der Waals surface area (Å²) < 4.78 is 0. The Kier molecular flexibility index (Phi) is 4.97. The number of hydrogen-bond acceptors (Lipinski definition) is 2.